The maximum absolute atomic E-state index is 11.4. The molecule has 10 heteroatoms. The highest BCUT2D eigenvalue weighted by molar-refractivity contribution is 7.80. The molecule has 0 aromatic carbocycles. The Labute approximate surface area is 114 Å². The zero-order valence-electron chi connectivity index (χ0n) is 9.88. The van der Waals surface area contributed by atoms with E-state index in [1.54, 1.807) is 0 Å². The molecule has 0 saturated carbocycles. The third-order valence-corrected chi connectivity index (χ3v) is 2.21. The molecule has 0 saturated heterocycles. The topological polar surface area (TPSA) is 145 Å². The van der Waals surface area contributed by atoms with Crippen LogP contribution in [0.1, 0.15) is 6.42 Å². The predicted molar refractivity (Wildman–Crippen MR) is 67.1 cm³/mol. The normalized spacial score (nSPS) is 11.2. The average molecular weight is 293 g/mol. The van der Waals surface area contributed by atoms with Crippen molar-refractivity contribution in [2.45, 2.75) is 12.5 Å². The Morgan fingerprint density at radius 3 is 2.16 bits per heavy atom. The zero-order chi connectivity index (χ0) is 14.8. The van der Waals surface area contributed by atoms with Crippen LogP contribution in [0, 0.1) is 0 Å². The molecule has 0 heterocycles. The number of hydrogen-bond donors (Lipinski definition) is 6. The van der Waals surface area contributed by atoms with Gasteiger partial charge in [0.05, 0.1) is 6.42 Å². The lowest BCUT2D eigenvalue weighted by Gasteiger charge is -2.16. The highest BCUT2D eigenvalue weighted by atomic mass is 32.1. The summed E-state index contributed by atoms with van der Waals surface area (Å²) in [7, 11) is 0. The highest BCUT2D eigenvalue weighted by Gasteiger charge is 2.19. The molecule has 0 aliphatic carbocycles. The maximum Gasteiger partial charge on any atom is 0.322 e. The fraction of sp³-hybridized carbons (Fsp3) is 0.556. The van der Waals surface area contributed by atoms with Gasteiger partial charge in [-0.1, -0.05) is 0 Å². The van der Waals surface area contributed by atoms with E-state index < -0.39 is 36.5 Å². The molecule has 3 amide bonds. The number of carbonyl (C=O) groups excluding carboxylic acids is 2. The van der Waals surface area contributed by atoms with Gasteiger partial charge < -0.3 is 26.2 Å². The van der Waals surface area contributed by atoms with Crippen molar-refractivity contribution in [1.82, 2.24) is 16.0 Å². The summed E-state index contributed by atoms with van der Waals surface area (Å²) >= 11 is 3.85. The molecule has 0 spiro atoms. The first-order chi connectivity index (χ1) is 8.86. The third kappa shape index (κ3) is 8.71. The monoisotopic (exact) mass is 293 g/mol. The summed E-state index contributed by atoms with van der Waals surface area (Å²) in [5.41, 5.74) is 0. The standard InChI is InChI=1S/C9H15N3O6S/c13-6(14)1-2-10-9(18)12-5(4-19)8(17)11-3-7(15)16/h5,19H,1-4H2,(H,11,17)(H,13,14)(H,15,16)(H2,10,12,18). The molecule has 0 radical (unpaired) electrons. The van der Waals surface area contributed by atoms with E-state index in [2.05, 4.69) is 28.6 Å². The van der Waals surface area contributed by atoms with Crippen LogP contribution in [0.2, 0.25) is 0 Å². The van der Waals surface area contributed by atoms with Crippen LogP contribution in [0.5, 0.6) is 0 Å². The second-order valence-electron chi connectivity index (χ2n) is 3.39. The Hall–Kier alpha value is -1.97. The second-order valence-corrected chi connectivity index (χ2v) is 3.76. The van der Waals surface area contributed by atoms with Crippen LogP contribution < -0.4 is 16.0 Å². The SMILES string of the molecule is O=C(O)CCNC(=O)NC(CS)C(=O)NCC(=O)O. The van der Waals surface area contributed by atoms with Gasteiger partial charge in [-0.05, 0) is 0 Å². The molecule has 19 heavy (non-hydrogen) atoms. The first kappa shape index (κ1) is 17.0. The molecule has 0 aliphatic rings. The van der Waals surface area contributed by atoms with Gasteiger partial charge in [0, 0.05) is 12.3 Å². The van der Waals surface area contributed by atoms with Gasteiger partial charge in [0.15, 0.2) is 0 Å². The number of carboxylic acids is 2. The molecule has 1 unspecified atom stereocenters. The number of rotatable bonds is 8. The van der Waals surface area contributed by atoms with E-state index in [4.69, 9.17) is 10.2 Å². The molecule has 0 aliphatic heterocycles. The lowest BCUT2D eigenvalue weighted by atomic mass is 10.3. The van der Waals surface area contributed by atoms with Gasteiger partial charge in [-0.2, -0.15) is 12.6 Å². The lowest BCUT2D eigenvalue weighted by Crippen LogP contribution is -2.52. The highest BCUT2D eigenvalue weighted by Crippen LogP contribution is 1.89. The number of hydrogen-bond acceptors (Lipinski definition) is 5. The van der Waals surface area contributed by atoms with Gasteiger partial charge in [-0.15, -0.1) is 0 Å². The van der Waals surface area contributed by atoms with Crippen LogP contribution in [0.4, 0.5) is 4.79 Å². The summed E-state index contributed by atoms with van der Waals surface area (Å²) in [6, 6.07) is -1.74. The Morgan fingerprint density at radius 1 is 1.05 bits per heavy atom. The summed E-state index contributed by atoms with van der Waals surface area (Å²) in [5, 5.41) is 23.3. The van der Waals surface area contributed by atoms with Gasteiger partial charge in [0.25, 0.3) is 0 Å². The molecule has 0 aromatic heterocycles. The van der Waals surface area contributed by atoms with Crippen LogP contribution in [-0.4, -0.2) is 59.0 Å². The van der Waals surface area contributed by atoms with Crippen molar-refractivity contribution in [3.05, 3.63) is 0 Å². The molecule has 0 fully saturated rings. The van der Waals surface area contributed by atoms with E-state index in [0.717, 1.165) is 0 Å². The number of thiol groups is 1. The minimum absolute atomic E-state index is 0.0300. The summed E-state index contributed by atoms with van der Waals surface area (Å²) in [6.45, 7) is -0.650. The quantitative estimate of drug-likeness (QED) is 0.293. The fourth-order valence-corrected chi connectivity index (χ4v) is 1.23. The maximum atomic E-state index is 11.4. The van der Waals surface area contributed by atoms with Crippen molar-refractivity contribution in [3.63, 3.8) is 0 Å². The number of carboxylic acid groups (broad SMARTS) is 2. The first-order valence-electron chi connectivity index (χ1n) is 5.23. The molecule has 0 bridgehead atoms. The van der Waals surface area contributed by atoms with Crippen LogP contribution in [-0.2, 0) is 14.4 Å². The Morgan fingerprint density at radius 2 is 1.68 bits per heavy atom. The number of aliphatic carboxylic acids is 2. The number of urea groups is 1. The molecule has 0 aromatic rings. The molecule has 0 rings (SSSR count). The van der Waals surface area contributed by atoms with Crippen molar-refractivity contribution in [2.75, 3.05) is 18.8 Å². The molecule has 1 atom stereocenters. The zero-order valence-corrected chi connectivity index (χ0v) is 10.8. The smallest absolute Gasteiger partial charge is 0.322 e. The van der Waals surface area contributed by atoms with E-state index >= 15 is 0 Å². The number of nitrogens with one attached hydrogen (secondary N) is 3. The molecular weight excluding hydrogens is 278 g/mol. The van der Waals surface area contributed by atoms with Gasteiger partial charge in [0.1, 0.15) is 12.6 Å². The second kappa shape index (κ2) is 9.03. The van der Waals surface area contributed by atoms with Crippen molar-refractivity contribution < 1.29 is 29.4 Å². The van der Waals surface area contributed by atoms with Crippen LogP contribution >= 0.6 is 12.6 Å². The molecular formula is C9H15N3O6S. The van der Waals surface area contributed by atoms with Crippen molar-refractivity contribution in [2.24, 2.45) is 0 Å². The predicted octanol–water partition coefficient (Wildman–Crippen LogP) is -1.74. The summed E-state index contributed by atoms with van der Waals surface area (Å²) in [5.74, 6) is -2.99. The van der Waals surface area contributed by atoms with Crippen molar-refractivity contribution in [3.8, 4) is 0 Å². The summed E-state index contributed by atoms with van der Waals surface area (Å²) < 4.78 is 0. The Balaban J connectivity index is 4.09. The summed E-state index contributed by atoms with van der Waals surface area (Å²) in [6.07, 6.45) is -0.246. The minimum Gasteiger partial charge on any atom is -0.481 e. The Kier molecular flexibility index (Phi) is 8.09. The summed E-state index contributed by atoms with van der Waals surface area (Å²) in [4.78, 5) is 43.2. The van der Waals surface area contributed by atoms with Crippen molar-refractivity contribution in [1.29, 1.82) is 0 Å². The Bertz CT molecular complexity index is 362. The van der Waals surface area contributed by atoms with Gasteiger partial charge >= 0.3 is 18.0 Å². The first-order valence-corrected chi connectivity index (χ1v) is 5.86. The van der Waals surface area contributed by atoms with E-state index in [1.165, 1.54) is 0 Å². The van der Waals surface area contributed by atoms with Crippen molar-refractivity contribution >= 4 is 36.5 Å². The van der Waals surface area contributed by atoms with Gasteiger partial charge in [0.2, 0.25) is 5.91 Å². The van der Waals surface area contributed by atoms with E-state index in [9.17, 15) is 19.2 Å². The minimum atomic E-state index is -1.21. The third-order valence-electron chi connectivity index (χ3n) is 1.84. The number of carbonyl (C=O) groups is 4. The van der Waals surface area contributed by atoms with Gasteiger partial charge in [-0.25, -0.2) is 4.79 Å². The van der Waals surface area contributed by atoms with E-state index in [-0.39, 0.29) is 18.7 Å². The molecule has 9 nitrogen and oxygen atoms in total. The van der Waals surface area contributed by atoms with Crippen LogP contribution in [0.3, 0.4) is 0 Å². The van der Waals surface area contributed by atoms with E-state index in [0.29, 0.717) is 0 Å². The molecule has 108 valence electrons. The van der Waals surface area contributed by atoms with Gasteiger partial charge in [-0.3, -0.25) is 14.4 Å². The largest absolute Gasteiger partial charge is 0.481 e. The molecule has 5 N–H and O–H groups in total. The lowest BCUT2D eigenvalue weighted by molar-refractivity contribution is -0.138. The van der Waals surface area contributed by atoms with Crippen LogP contribution in [0.15, 0.2) is 0 Å². The number of amides is 3. The fourth-order valence-electron chi connectivity index (χ4n) is 0.972. The van der Waals surface area contributed by atoms with E-state index in [1.807, 2.05) is 0 Å². The average Bonchev–Trinajstić information content (AvgIpc) is 2.32. The van der Waals surface area contributed by atoms with Crippen LogP contribution in [0.25, 0.3) is 0 Å².